The minimum absolute atomic E-state index is 0.161. The molecule has 130 valence electrons. The van der Waals surface area contributed by atoms with Gasteiger partial charge in [-0.2, -0.15) is 0 Å². The Kier molecular flexibility index (Phi) is 5.30. The summed E-state index contributed by atoms with van der Waals surface area (Å²) < 4.78 is 12.5. The second kappa shape index (κ2) is 7.81. The van der Waals surface area contributed by atoms with Crippen molar-refractivity contribution in [2.24, 2.45) is 0 Å². The second-order valence-corrected chi connectivity index (χ2v) is 5.59. The lowest BCUT2D eigenvalue weighted by molar-refractivity contribution is 0.0896. The normalized spacial score (nSPS) is 12.1. The van der Waals surface area contributed by atoms with Crippen molar-refractivity contribution in [2.45, 2.75) is 13.0 Å². The summed E-state index contributed by atoms with van der Waals surface area (Å²) in [4.78, 5) is 16.8. The van der Waals surface area contributed by atoms with E-state index < -0.39 is 0 Å². The van der Waals surface area contributed by atoms with E-state index in [-0.39, 0.29) is 11.9 Å². The second-order valence-electron chi connectivity index (χ2n) is 5.59. The molecule has 0 aliphatic carbocycles. The maximum Gasteiger partial charge on any atom is 0.253 e. The molecule has 0 spiro atoms. The van der Waals surface area contributed by atoms with E-state index in [1.54, 1.807) is 25.6 Å². The molecule has 25 heavy (non-hydrogen) atoms. The minimum atomic E-state index is -0.244. The Balaban J connectivity index is 1.76. The van der Waals surface area contributed by atoms with E-state index in [2.05, 4.69) is 10.3 Å². The lowest BCUT2D eigenvalue weighted by Gasteiger charge is -2.19. The molecule has 2 heterocycles. The number of amides is 1. The van der Waals surface area contributed by atoms with Crippen LogP contribution in [0.25, 0.3) is 5.65 Å². The van der Waals surface area contributed by atoms with Crippen molar-refractivity contribution in [1.82, 2.24) is 14.7 Å². The monoisotopic (exact) mass is 339 g/mol. The van der Waals surface area contributed by atoms with Crippen molar-refractivity contribution >= 4 is 11.6 Å². The van der Waals surface area contributed by atoms with Crippen LogP contribution in [0.1, 0.15) is 28.9 Å². The number of pyridine rings is 1. The van der Waals surface area contributed by atoms with E-state index in [9.17, 15) is 4.79 Å². The Morgan fingerprint density at radius 2 is 2.04 bits per heavy atom. The van der Waals surface area contributed by atoms with Gasteiger partial charge >= 0.3 is 0 Å². The fourth-order valence-corrected chi connectivity index (χ4v) is 2.65. The lowest BCUT2D eigenvalue weighted by Crippen LogP contribution is -2.31. The fourth-order valence-electron chi connectivity index (χ4n) is 2.65. The predicted molar refractivity (Wildman–Crippen MR) is 94.9 cm³/mol. The number of benzene rings is 1. The molecule has 1 atom stereocenters. The Morgan fingerprint density at radius 3 is 2.76 bits per heavy atom. The number of hydrogen-bond donors (Lipinski definition) is 1. The maximum absolute atomic E-state index is 12.6. The molecule has 0 saturated heterocycles. The van der Waals surface area contributed by atoms with Gasteiger partial charge in [0.1, 0.15) is 11.4 Å². The number of hydrogen-bond acceptors (Lipinski definition) is 4. The average Bonchev–Trinajstić information content (AvgIpc) is 3.10. The number of methoxy groups -OCH3 is 1. The first-order valence-corrected chi connectivity index (χ1v) is 8.16. The molecule has 0 aliphatic heterocycles. The predicted octanol–water partition coefficient (Wildman–Crippen LogP) is 2.85. The van der Waals surface area contributed by atoms with Crippen LogP contribution in [0.4, 0.5) is 0 Å². The molecular weight excluding hydrogens is 318 g/mol. The van der Waals surface area contributed by atoms with Crippen LogP contribution in [0, 0.1) is 0 Å². The zero-order valence-electron chi connectivity index (χ0n) is 14.3. The highest BCUT2D eigenvalue weighted by atomic mass is 16.5. The van der Waals surface area contributed by atoms with Gasteiger partial charge in [0.05, 0.1) is 24.8 Å². The van der Waals surface area contributed by atoms with E-state index in [0.717, 1.165) is 17.0 Å². The van der Waals surface area contributed by atoms with Gasteiger partial charge < -0.3 is 19.2 Å². The van der Waals surface area contributed by atoms with E-state index in [1.807, 2.05) is 47.9 Å². The number of nitrogens with zero attached hydrogens (tertiary/aromatic N) is 2. The average molecular weight is 339 g/mol. The van der Waals surface area contributed by atoms with Gasteiger partial charge in [0.15, 0.2) is 0 Å². The van der Waals surface area contributed by atoms with E-state index >= 15 is 0 Å². The number of rotatable bonds is 7. The van der Waals surface area contributed by atoms with Gasteiger partial charge in [-0.15, -0.1) is 0 Å². The van der Waals surface area contributed by atoms with Gasteiger partial charge in [-0.3, -0.25) is 4.79 Å². The summed E-state index contributed by atoms with van der Waals surface area (Å²) in [5.41, 5.74) is 2.33. The zero-order valence-corrected chi connectivity index (χ0v) is 14.3. The quantitative estimate of drug-likeness (QED) is 0.719. The number of nitrogens with one attached hydrogen (secondary N) is 1. The first-order chi connectivity index (χ1) is 12.2. The summed E-state index contributed by atoms with van der Waals surface area (Å²) >= 11 is 0. The van der Waals surface area contributed by atoms with Crippen LogP contribution in [0.3, 0.4) is 0 Å². The van der Waals surface area contributed by atoms with Crippen LogP contribution in [0.15, 0.2) is 55.0 Å². The van der Waals surface area contributed by atoms with Crippen LogP contribution in [0.2, 0.25) is 0 Å². The van der Waals surface area contributed by atoms with Crippen molar-refractivity contribution in [1.29, 1.82) is 0 Å². The number of aromatic nitrogens is 2. The van der Waals surface area contributed by atoms with Crippen molar-refractivity contribution < 1.29 is 14.3 Å². The maximum atomic E-state index is 12.6. The van der Waals surface area contributed by atoms with E-state index in [1.165, 1.54) is 0 Å². The van der Waals surface area contributed by atoms with Gasteiger partial charge in [-0.05, 0) is 36.8 Å². The Morgan fingerprint density at radius 1 is 1.24 bits per heavy atom. The van der Waals surface area contributed by atoms with Crippen LogP contribution in [-0.4, -0.2) is 35.6 Å². The van der Waals surface area contributed by atoms with Crippen molar-refractivity contribution in [2.75, 3.05) is 20.3 Å². The van der Waals surface area contributed by atoms with E-state index in [4.69, 9.17) is 9.47 Å². The molecule has 2 aromatic heterocycles. The van der Waals surface area contributed by atoms with Gasteiger partial charge in [-0.25, -0.2) is 4.98 Å². The van der Waals surface area contributed by atoms with E-state index in [0.29, 0.717) is 18.8 Å². The van der Waals surface area contributed by atoms with Gasteiger partial charge in [0, 0.05) is 25.7 Å². The summed E-state index contributed by atoms with van der Waals surface area (Å²) in [6.45, 7) is 2.94. The summed E-state index contributed by atoms with van der Waals surface area (Å²) in [5.74, 6) is 0.644. The largest absolute Gasteiger partial charge is 0.494 e. The molecule has 3 rings (SSSR count). The Labute approximate surface area is 146 Å². The molecule has 0 radical (unpaired) electrons. The molecule has 0 unspecified atom stereocenters. The summed E-state index contributed by atoms with van der Waals surface area (Å²) in [7, 11) is 1.62. The van der Waals surface area contributed by atoms with Crippen molar-refractivity contribution in [3.8, 4) is 5.75 Å². The first kappa shape index (κ1) is 17.0. The summed E-state index contributed by atoms with van der Waals surface area (Å²) in [6, 6.07) is 11.0. The SMILES string of the molecule is CCOc1ccc([C@@H](COC)NC(=O)c2ccc3nccn3c2)cc1. The van der Waals surface area contributed by atoms with Gasteiger partial charge in [0.25, 0.3) is 5.91 Å². The molecule has 1 N–H and O–H groups in total. The summed E-state index contributed by atoms with van der Waals surface area (Å²) in [5, 5.41) is 3.02. The molecule has 6 nitrogen and oxygen atoms in total. The molecule has 6 heteroatoms. The number of fused-ring (bicyclic) bond motifs is 1. The molecule has 0 saturated carbocycles. The molecule has 0 aliphatic rings. The fraction of sp³-hybridized carbons (Fsp3) is 0.263. The highest BCUT2D eigenvalue weighted by Crippen LogP contribution is 2.19. The van der Waals surface area contributed by atoms with Crippen molar-refractivity contribution in [3.05, 3.63) is 66.1 Å². The van der Waals surface area contributed by atoms with Crippen molar-refractivity contribution in [3.63, 3.8) is 0 Å². The van der Waals surface area contributed by atoms with Gasteiger partial charge in [0.2, 0.25) is 0 Å². The highest BCUT2D eigenvalue weighted by molar-refractivity contribution is 5.94. The minimum Gasteiger partial charge on any atom is -0.494 e. The Hall–Kier alpha value is -2.86. The topological polar surface area (TPSA) is 64.9 Å². The Bertz CT molecular complexity index is 843. The third kappa shape index (κ3) is 3.97. The van der Waals surface area contributed by atoms with Crippen LogP contribution < -0.4 is 10.1 Å². The molecule has 1 amide bonds. The molecule has 0 bridgehead atoms. The number of carbonyl (C=O) groups excluding carboxylic acids is 1. The summed E-state index contributed by atoms with van der Waals surface area (Å²) in [6.07, 6.45) is 5.27. The van der Waals surface area contributed by atoms with Crippen LogP contribution in [-0.2, 0) is 4.74 Å². The highest BCUT2D eigenvalue weighted by Gasteiger charge is 2.16. The molecule has 0 fully saturated rings. The number of ether oxygens (including phenoxy) is 2. The lowest BCUT2D eigenvalue weighted by atomic mass is 10.1. The third-order valence-electron chi connectivity index (χ3n) is 3.88. The molecular formula is C19H21N3O3. The molecule has 1 aromatic carbocycles. The number of carbonyl (C=O) groups is 1. The molecule has 3 aromatic rings. The standard InChI is InChI=1S/C19H21N3O3/c1-3-25-16-7-4-14(5-8-16)17(13-24-2)21-19(23)15-6-9-18-20-10-11-22(18)12-15/h4-12,17H,3,13H2,1-2H3,(H,21,23)/t17-/m1/s1. The van der Waals surface area contributed by atoms with Crippen LogP contribution in [0.5, 0.6) is 5.75 Å². The van der Waals surface area contributed by atoms with Crippen LogP contribution >= 0.6 is 0 Å². The van der Waals surface area contributed by atoms with Gasteiger partial charge in [-0.1, -0.05) is 12.1 Å². The number of imidazole rings is 1. The zero-order chi connectivity index (χ0) is 17.6. The smallest absolute Gasteiger partial charge is 0.253 e. The third-order valence-corrected chi connectivity index (χ3v) is 3.88. The first-order valence-electron chi connectivity index (χ1n) is 8.16.